The first-order chi connectivity index (χ1) is 10.5. The van der Waals surface area contributed by atoms with Crippen molar-refractivity contribution < 1.29 is 13.3 Å². The second-order valence-corrected chi connectivity index (χ2v) is 8.05. The molecule has 2 aliphatic rings. The van der Waals surface area contributed by atoms with Crippen LogP contribution in [-0.4, -0.2) is 62.0 Å². The highest BCUT2D eigenvalue weighted by molar-refractivity contribution is 7.91. The molecule has 0 aliphatic carbocycles. The van der Waals surface area contributed by atoms with E-state index in [4.69, 9.17) is 0 Å². The minimum Gasteiger partial charge on any atom is -0.363 e. The molecule has 2 fully saturated rings. The Kier molecular flexibility index (Phi) is 4.05. The fourth-order valence-electron chi connectivity index (χ4n) is 3.28. The van der Waals surface area contributed by atoms with Gasteiger partial charge in [0, 0.05) is 38.3 Å². The summed E-state index contributed by atoms with van der Waals surface area (Å²) in [5, 5.41) is 11.1. The van der Waals surface area contributed by atoms with Gasteiger partial charge in [-0.05, 0) is 12.5 Å². The van der Waals surface area contributed by atoms with E-state index < -0.39 is 9.84 Å². The van der Waals surface area contributed by atoms with Crippen LogP contribution < -0.4 is 4.90 Å². The maximum Gasteiger partial charge on any atom is 0.292 e. The van der Waals surface area contributed by atoms with Crippen molar-refractivity contribution in [2.45, 2.75) is 12.5 Å². The zero-order valence-corrected chi connectivity index (χ0v) is 13.0. The second kappa shape index (κ2) is 5.85. The van der Waals surface area contributed by atoms with Crippen LogP contribution in [0.2, 0.25) is 0 Å². The van der Waals surface area contributed by atoms with Crippen LogP contribution in [0.25, 0.3) is 0 Å². The van der Waals surface area contributed by atoms with Crippen molar-refractivity contribution in [3.05, 3.63) is 34.4 Å². The zero-order chi connectivity index (χ0) is 15.7. The highest BCUT2D eigenvalue weighted by Crippen LogP contribution is 2.29. The molecular formula is C14H19N3O4S. The third-order valence-electron chi connectivity index (χ3n) is 4.46. The molecule has 0 aromatic heterocycles. The minimum atomic E-state index is -2.87. The lowest BCUT2D eigenvalue weighted by atomic mass is 10.1. The number of sulfone groups is 1. The summed E-state index contributed by atoms with van der Waals surface area (Å²) in [6.45, 7) is 2.85. The summed E-state index contributed by atoms with van der Waals surface area (Å²) >= 11 is 0. The highest BCUT2D eigenvalue weighted by Gasteiger charge is 2.34. The van der Waals surface area contributed by atoms with E-state index in [-0.39, 0.29) is 28.2 Å². The molecule has 0 amide bonds. The number of nitrogens with zero attached hydrogens (tertiary/aromatic N) is 3. The summed E-state index contributed by atoms with van der Waals surface area (Å²) in [7, 11) is -2.87. The molecule has 2 aliphatic heterocycles. The van der Waals surface area contributed by atoms with Gasteiger partial charge in [0.2, 0.25) is 0 Å². The molecule has 1 aromatic rings. The van der Waals surface area contributed by atoms with Gasteiger partial charge in [0.15, 0.2) is 9.84 Å². The van der Waals surface area contributed by atoms with Gasteiger partial charge in [0.1, 0.15) is 5.69 Å². The van der Waals surface area contributed by atoms with Crippen LogP contribution in [0.3, 0.4) is 0 Å². The molecule has 2 saturated heterocycles. The molecule has 22 heavy (non-hydrogen) atoms. The molecule has 0 saturated carbocycles. The van der Waals surface area contributed by atoms with Gasteiger partial charge in [-0.3, -0.25) is 15.0 Å². The van der Waals surface area contributed by atoms with Gasteiger partial charge >= 0.3 is 0 Å². The monoisotopic (exact) mass is 325 g/mol. The van der Waals surface area contributed by atoms with Crippen LogP contribution in [0.15, 0.2) is 24.3 Å². The van der Waals surface area contributed by atoms with Gasteiger partial charge < -0.3 is 4.90 Å². The van der Waals surface area contributed by atoms with Crippen molar-refractivity contribution in [3.8, 4) is 0 Å². The zero-order valence-electron chi connectivity index (χ0n) is 12.2. The highest BCUT2D eigenvalue weighted by atomic mass is 32.2. The number of anilines is 1. The Morgan fingerprint density at radius 2 is 1.82 bits per heavy atom. The summed E-state index contributed by atoms with van der Waals surface area (Å²) in [5.41, 5.74) is 0.769. The van der Waals surface area contributed by atoms with Gasteiger partial charge in [-0.15, -0.1) is 0 Å². The normalized spacial score (nSPS) is 25.3. The Hall–Kier alpha value is -1.67. The molecule has 2 heterocycles. The molecule has 0 bridgehead atoms. The molecule has 8 heteroatoms. The van der Waals surface area contributed by atoms with Gasteiger partial charge in [-0.2, -0.15) is 0 Å². The summed E-state index contributed by atoms with van der Waals surface area (Å²) in [4.78, 5) is 15.0. The van der Waals surface area contributed by atoms with Crippen molar-refractivity contribution >= 4 is 21.2 Å². The van der Waals surface area contributed by atoms with Gasteiger partial charge in [-0.25, -0.2) is 8.42 Å². The molecule has 1 unspecified atom stereocenters. The summed E-state index contributed by atoms with van der Waals surface area (Å²) < 4.78 is 23.2. The molecule has 0 spiro atoms. The second-order valence-electron chi connectivity index (χ2n) is 5.83. The van der Waals surface area contributed by atoms with Crippen LogP contribution in [0.5, 0.6) is 0 Å². The molecule has 7 nitrogen and oxygen atoms in total. The van der Waals surface area contributed by atoms with Crippen molar-refractivity contribution in [2.75, 3.05) is 42.6 Å². The minimum absolute atomic E-state index is 0.109. The Labute approximate surface area is 129 Å². The third kappa shape index (κ3) is 3.07. The lowest BCUT2D eigenvalue weighted by Crippen LogP contribution is -2.50. The fourth-order valence-corrected chi connectivity index (χ4v) is 5.04. The van der Waals surface area contributed by atoms with Gasteiger partial charge in [0.25, 0.3) is 5.69 Å². The first kappa shape index (κ1) is 15.2. The molecule has 120 valence electrons. The number of piperazine rings is 1. The number of nitro benzene ring substituents is 1. The number of para-hydroxylation sites is 2. The Bertz CT molecular complexity index is 668. The molecule has 1 atom stereocenters. The van der Waals surface area contributed by atoms with E-state index >= 15 is 0 Å². The van der Waals surface area contributed by atoms with Gasteiger partial charge in [-0.1, -0.05) is 12.1 Å². The van der Waals surface area contributed by atoms with E-state index in [1.807, 2.05) is 4.90 Å². The van der Waals surface area contributed by atoms with E-state index in [2.05, 4.69) is 4.90 Å². The number of nitro groups is 1. The summed E-state index contributed by atoms with van der Waals surface area (Å²) in [6, 6.07) is 6.87. The predicted octanol–water partition coefficient (Wildman–Crippen LogP) is 0.904. The van der Waals surface area contributed by atoms with Crippen LogP contribution in [-0.2, 0) is 9.84 Å². The van der Waals surface area contributed by atoms with E-state index in [1.54, 1.807) is 18.2 Å². The molecular weight excluding hydrogens is 306 g/mol. The van der Waals surface area contributed by atoms with Crippen molar-refractivity contribution in [3.63, 3.8) is 0 Å². The molecule has 1 aromatic carbocycles. The van der Waals surface area contributed by atoms with Crippen molar-refractivity contribution in [1.82, 2.24) is 4.90 Å². The maximum atomic E-state index is 11.6. The average Bonchev–Trinajstić information content (AvgIpc) is 2.87. The van der Waals surface area contributed by atoms with Crippen LogP contribution in [0, 0.1) is 10.1 Å². The van der Waals surface area contributed by atoms with E-state index in [0.717, 1.165) is 13.1 Å². The summed E-state index contributed by atoms with van der Waals surface area (Å²) in [6.07, 6.45) is 0.702. The summed E-state index contributed by atoms with van der Waals surface area (Å²) in [5.74, 6) is 0.528. The van der Waals surface area contributed by atoms with E-state index in [1.165, 1.54) is 6.07 Å². The lowest BCUT2D eigenvalue weighted by molar-refractivity contribution is -0.384. The quantitative estimate of drug-likeness (QED) is 0.606. The molecule has 0 N–H and O–H groups in total. The first-order valence-electron chi connectivity index (χ1n) is 7.39. The SMILES string of the molecule is O=[N+]([O-])c1ccccc1N1CCN(C2CCS(=O)(=O)C2)CC1. The van der Waals surface area contributed by atoms with Crippen molar-refractivity contribution in [2.24, 2.45) is 0 Å². The Morgan fingerprint density at radius 3 is 2.41 bits per heavy atom. The average molecular weight is 325 g/mol. The van der Waals surface area contributed by atoms with Crippen LogP contribution in [0.4, 0.5) is 11.4 Å². The largest absolute Gasteiger partial charge is 0.363 e. The fraction of sp³-hybridized carbons (Fsp3) is 0.571. The number of hydrogen-bond donors (Lipinski definition) is 0. The lowest BCUT2D eigenvalue weighted by Gasteiger charge is -2.38. The van der Waals surface area contributed by atoms with Crippen LogP contribution >= 0.6 is 0 Å². The Balaban J connectivity index is 1.66. The van der Waals surface area contributed by atoms with E-state index in [9.17, 15) is 18.5 Å². The smallest absolute Gasteiger partial charge is 0.292 e. The van der Waals surface area contributed by atoms with Crippen molar-refractivity contribution in [1.29, 1.82) is 0 Å². The Morgan fingerprint density at radius 1 is 1.14 bits per heavy atom. The van der Waals surface area contributed by atoms with Gasteiger partial charge in [0.05, 0.1) is 16.4 Å². The predicted molar refractivity (Wildman–Crippen MR) is 83.9 cm³/mol. The topological polar surface area (TPSA) is 83.8 Å². The van der Waals surface area contributed by atoms with E-state index in [0.29, 0.717) is 25.2 Å². The number of hydrogen-bond acceptors (Lipinski definition) is 6. The molecule has 3 rings (SSSR count). The maximum absolute atomic E-state index is 11.6. The first-order valence-corrected chi connectivity index (χ1v) is 9.21. The number of benzene rings is 1. The number of rotatable bonds is 3. The molecule has 0 radical (unpaired) electrons. The van der Waals surface area contributed by atoms with Crippen LogP contribution in [0.1, 0.15) is 6.42 Å². The standard InChI is InChI=1S/C14H19N3O4S/c18-17(19)14-4-2-1-3-13(14)16-8-6-15(7-9-16)12-5-10-22(20,21)11-12/h1-4,12H,5-11H2. The third-order valence-corrected chi connectivity index (χ3v) is 6.21.